The predicted molar refractivity (Wildman–Crippen MR) is 115 cm³/mol. The van der Waals surface area contributed by atoms with E-state index in [1.165, 1.54) is 11.6 Å². The molecule has 1 aromatic carbocycles. The lowest BCUT2D eigenvalue weighted by Crippen LogP contribution is -2.52. The van der Waals surface area contributed by atoms with Gasteiger partial charge >= 0.3 is 5.69 Å². The first kappa shape index (κ1) is 20.3. The number of aromatic amines is 1. The highest BCUT2D eigenvalue weighted by molar-refractivity contribution is 8.01. The van der Waals surface area contributed by atoms with Crippen LogP contribution in [0, 0.1) is 0 Å². The lowest BCUT2D eigenvalue weighted by atomic mass is 10.2. The average molecular weight is 430 g/mol. The molecule has 0 radical (unpaired) electrons. The zero-order chi connectivity index (χ0) is 21.6. The van der Waals surface area contributed by atoms with E-state index in [0.717, 1.165) is 10.5 Å². The smallest absolute Gasteiger partial charge is 0.330 e. The van der Waals surface area contributed by atoms with Crippen LogP contribution >= 0.6 is 11.8 Å². The molecule has 10 heteroatoms. The van der Waals surface area contributed by atoms with Crippen LogP contribution < -0.4 is 21.9 Å². The number of fused-ring (bicyclic) bond motifs is 1. The molecule has 2 aliphatic heterocycles. The van der Waals surface area contributed by atoms with Crippen molar-refractivity contribution in [3.05, 3.63) is 56.7 Å². The molecule has 2 fully saturated rings. The van der Waals surface area contributed by atoms with Crippen LogP contribution in [-0.2, 0) is 16.1 Å². The van der Waals surface area contributed by atoms with Crippen molar-refractivity contribution in [1.82, 2.24) is 14.5 Å². The molecule has 30 heavy (non-hydrogen) atoms. The number of amides is 2. The summed E-state index contributed by atoms with van der Waals surface area (Å²) in [4.78, 5) is 55.2. The van der Waals surface area contributed by atoms with Gasteiger partial charge in [0.15, 0.2) is 5.69 Å². The zero-order valence-electron chi connectivity index (χ0n) is 16.8. The number of H-pyrrole nitrogens is 1. The van der Waals surface area contributed by atoms with Crippen LogP contribution in [0.25, 0.3) is 0 Å². The van der Waals surface area contributed by atoms with Gasteiger partial charge in [0, 0.05) is 19.2 Å². The highest BCUT2D eigenvalue weighted by Crippen LogP contribution is 2.47. The zero-order valence-corrected chi connectivity index (χ0v) is 17.6. The van der Waals surface area contributed by atoms with E-state index < -0.39 is 28.1 Å². The molecule has 0 aliphatic carbocycles. The molecule has 158 valence electrons. The number of nitrogens with zero attached hydrogens (tertiary/aromatic N) is 3. The first-order chi connectivity index (χ1) is 14.2. The van der Waals surface area contributed by atoms with Crippen LogP contribution in [0.15, 0.2) is 39.9 Å². The van der Waals surface area contributed by atoms with Gasteiger partial charge in [-0.3, -0.25) is 23.9 Å². The second kappa shape index (κ2) is 7.35. The van der Waals surface area contributed by atoms with Crippen LogP contribution in [0.2, 0.25) is 0 Å². The minimum atomic E-state index is -0.737. The summed E-state index contributed by atoms with van der Waals surface area (Å²) in [6, 6.07) is 8.52. The van der Waals surface area contributed by atoms with Crippen molar-refractivity contribution in [1.29, 1.82) is 0 Å². The maximum absolute atomic E-state index is 13.3. The summed E-state index contributed by atoms with van der Waals surface area (Å²) in [6.07, 6.45) is 1.09. The number of aromatic nitrogens is 2. The van der Waals surface area contributed by atoms with E-state index in [4.69, 9.17) is 5.73 Å². The molecule has 4 rings (SSSR count). The van der Waals surface area contributed by atoms with Gasteiger partial charge < -0.3 is 15.5 Å². The quantitative estimate of drug-likeness (QED) is 0.733. The van der Waals surface area contributed by atoms with Crippen molar-refractivity contribution in [2.75, 3.05) is 23.4 Å². The molecule has 3 heterocycles. The Labute approximate surface area is 176 Å². The third-order valence-electron chi connectivity index (χ3n) is 5.79. The Balaban J connectivity index is 1.69. The normalized spacial score (nSPS) is 22.9. The van der Waals surface area contributed by atoms with Crippen LogP contribution in [0.5, 0.6) is 0 Å². The SMILES string of the molecule is CN(C(=O)C1CSC2(C)CCC(=O)N12)c1c(N)n(Cc2ccccc2)c(=O)[nH]c1=O. The number of likely N-dealkylation sites (N-methyl/N-ethyl adjacent to an activating group) is 1. The number of nitrogen functional groups attached to an aromatic ring is 1. The first-order valence-electron chi connectivity index (χ1n) is 9.63. The number of carbonyl (C=O) groups is 2. The predicted octanol–water partition coefficient (Wildman–Crippen LogP) is 0.584. The van der Waals surface area contributed by atoms with E-state index in [0.29, 0.717) is 18.6 Å². The highest BCUT2D eigenvalue weighted by atomic mass is 32.2. The van der Waals surface area contributed by atoms with Gasteiger partial charge in [0.1, 0.15) is 11.9 Å². The Kier molecular flexibility index (Phi) is 4.97. The molecule has 2 atom stereocenters. The number of hydrogen-bond acceptors (Lipinski definition) is 6. The number of hydrogen-bond donors (Lipinski definition) is 2. The summed E-state index contributed by atoms with van der Waals surface area (Å²) in [5.74, 6) is -0.106. The van der Waals surface area contributed by atoms with Crippen molar-refractivity contribution < 1.29 is 9.59 Å². The van der Waals surface area contributed by atoms with Gasteiger partial charge in [-0.25, -0.2) is 4.79 Å². The van der Waals surface area contributed by atoms with Crippen LogP contribution in [-0.4, -0.2) is 50.0 Å². The minimum Gasteiger partial charge on any atom is -0.383 e. The molecule has 1 aromatic heterocycles. The fraction of sp³-hybridized carbons (Fsp3) is 0.400. The van der Waals surface area contributed by atoms with E-state index >= 15 is 0 Å². The van der Waals surface area contributed by atoms with E-state index in [1.54, 1.807) is 16.7 Å². The molecular weight excluding hydrogens is 406 g/mol. The van der Waals surface area contributed by atoms with E-state index in [2.05, 4.69) is 4.98 Å². The third kappa shape index (κ3) is 3.20. The summed E-state index contributed by atoms with van der Waals surface area (Å²) in [5, 5.41) is 0. The van der Waals surface area contributed by atoms with Crippen molar-refractivity contribution in [3.63, 3.8) is 0 Å². The summed E-state index contributed by atoms with van der Waals surface area (Å²) in [7, 11) is 1.45. The molecule has 2 amide bonds. The van der Waals surface area contributed by atoms with Crippen LogP contribution in [0.1, 0.15) is 25.3 Å². The minimum absolute atomic E-state index is 0.0646. The first-order valence-corrected chi connectivity index (χ1v) is 10.6. The van der Waals surface area contributed by atoms with Gasteiger partial charge in [-0.15, -0.1) is 11.8 Å². The van der Waals surface area contributed by atoms with Gasteiger partial charge in [0.25, 0.3) is 11.5 Å². The lowest BCUT2D eigenvalue weighted by Gasteiger charge is -2.32. The molecule has 9 nitrogen and oxygen atoms in total. The number of nitrogens with one attached hydrogen (secondary N) is 1. The van der Waals surface area contributed by atoms with Gasteiger partial charge in [-0.1, -0.05) is 30.3 Å². The van der Waals surface area contributed by atoms with E-state index in [-0.39, 0.29) is 24.0 Å². The molecule has 0 spiro atoms. The number of rotatable bonds is 4. The largest absolute Gasteiger partial charge is 0.383 e. The molecule has 2 unspecified atom stereocenters. The Bertz CT molecular complexity index is 1130. The van der Waals surface area contributed by atoms with Crippen molar-refractivity contribution >= 4 is 35.1 Å². The number of anilines is 2. The molecule has 0 bridgehead atoms. The molecule has 3 N–H and O–H groups in total. The number of benzene rings is 1. The molecular formula is C20H23N5O4S. The van der Waals surface area contributed by atoms with Crippen molar-refractivity contribution in [2.45, 2.75) is 37.2 Å². The van der Waals surface area contributed by atoms with Crippen LogP contribution in [0.3, 0.4) is 0 Å². The summed E-state index contributed by atoms with van der Waals surface area (Å²) < 4.78 is 1.23. The molecule has 0 saturated carbocycles. The third-order valence-corrected chi connectivity index (χ3v) is 7.30. The summed E-state index contributed by atoms with van der Waals surface area (Å²) in [6.45, 7) is 2.11. The number of thioether (sulfide) groups is 1. The van der Waals surface area contributed by atoms with Gasteiger partial charge in [0.2, 0.25) is 5.91 Å². The van der Waals surface area contributed by atoms with Gasteiger partial charge in [0.05, 0.1) is 11.4 Å². The topological polar surface area (TPSA) is 121 Å². The highest BCUT2D eigenvalue weighted by Gasteiger charge is 2.53. The van der Waals surface area contributed by atoms with Crippen molar-refractivity contribution in [3.8, 4) is 0 Å². The monoisotopic (exact) mass is 429 g/mol. The van der Waals surface area contributed by atoms with Crippen molar-refractivity contribution in [2.24, 2.45) is 0 Å². The Morgan fingerprint density at radius 3 is 2.70 bits per heavy atom. The number of nitrogens with two attached hydrogens (primary N) is 1. The fourth-order valence-electron chi connectivity index (χ4n) is 4.16. The van der Waals surface area contributed by atoms with E-state index in [9.17, 15) is 19.2 Å². The Morgan fingerprint density at radius 1 is 1.30 bits per heavy atom. The van der Waals surface area contributed by atoms with E-state index in [1.807, 2.05) is 37.3 Å². The average Bonchev–Trinajstić information content (AvgIpc) is 3.21. The maximum Gasteiger partial charge on any atom is 0.330 e. The summed E-state index contributed by atoms with van der Waals surface area (Å²) >= 11 is 1.57. The van der Waals surface area contributed by atoms with Crippen LogP contribution in [0.4, 0.5) is 11.5 Å². The number of carbonyl (C=O) groups excluding carboxylic acids is 2. The second-order valence-electron chi connectivity index (χ2n) is 7.73. The Morgan fingerprint density at radius 2 is 2.00 bits per heavy atom. The molecule has 2 saturated heterocycles. The molecule has 2 aromatic rings. The van der Waals surface area contributed by atoms with Gasteiger partial charge in [-0.05, 0) is 18.9 Å². The second-order valence-corrected chi connectivity index (χ2v) is 9.23. The lowest BCUT2D eigenvalue weighted by molar-refractivity contribution is -0.136. The van der Waals surface area contributed by atoms with Gasteiger partial charge in [-0.2, -0.15) is 0 Å². The fourth-order valence-corrected chi connectivity index (χ4v) is 5.58. The maximum atomic E-state index is 13.3. The standard InChI is InChI=1S/C20H23N5O4S/c1-20-9-8-14(26)25(20)13(11-30-20)18(28)23(2)15-16(21)24(19(29)22-17(15)27)10-12-6-4-3-5-7-12/h3-7,13H,8-11,21H2,1-2H3,(H,22,27,29). The summed E-state index contributed by atoms with van der Waals surface area (Å²) in [5.41, 5.74) is 5.53. The Hall–Kier alpha value is -3.01. The molecule has 2 aliphatic rings.